The van der Waals surface area contributed by atoms with Gasteiger partial charge in [0.05, 0.1) is 25.3 Å². The largest absolute Gasteiger partial charge is 0.497 e. The van der Waals surface area contributed by atoms with Crippen LogP contribution in [0, 0.1) is 5.92 Å². The van der Waals surface area contributed by atoms with Gasteiger partial charge in [0.15, 0.2) is 4.96 Å². The fraction of sp³-hybridized carbons (Fsp3) is 0.381. The van der Waals surface area contributed by atoms with Gasteiger partial charge in [-0.25, -0.2) is 4.98 Å². The lowest BCUT2D eigenvalue weighted by atomic mass is 9.98. The van der Waals surface area contributed by atoms with Crippen LogP contribution in [0.4, 0.5) is 0 Å². The van der Waals surface area contributed by atoms with Gasteiger partial charge < -0.3 is 14.4 Å². The lowest BCUT2D eigenvalue weighted by molar-refractivity contribution is -0.149. The molecule has 3 heterocycles. The zero-order valence-electron chi connectivity index (χ0n) is 16.5. The van der Waals surface area contributed by atoms with E-state index in [0.29, 0.717) is 25.4 Å². The Kier molecular flexibility index (Phi) is 5.53. The number of hydrogen-bond donors (Lipinski definition) is 0. The molecule has 0 spiro atoms. The van der Waals surface area contributed by atoms with Crippen LogP contribution in [-0.2, 0) is 9.53 Å². The van der Waals surface area contributed by atoms with Crippen molar-refractivity contribution in [2.45, 2.75) is 19.8 Å². The average molecular weight is 413 g/mol. The number of carbonyl (C=O) groups is 2. The van der Waals surface area contributed by atoms with Crippen molar-refractivity contribution in [2.75, 3.05) is 26.8 Å². The minimum Gasteiger partial charge on any atom is -0.497 e. The monoisotopic (exact) mass is 413 g/mol. The van der Waals surface area contributed by atoms with Crippen molar-refractivity contribution < 1.29 is 19.1 Å². The predicted molar refractivity (Wildman–Crippen MR) is 110 cm³/mol. The molecule has 1 unspecified atom stereocenters. The number of esters is 1. The maximum Gasteiger partial charge on any atom is 0.310 e. The molecule has 1 aromatic carbocycles. The van der Waals surface area contributed by atoms with Crippen LogP contribution in [0.3, 0.4) is 0 Å². The molecule has 0 saturated carbocycles. The molecule has 1 aliphatic rings. The third-order valence-corrected chi connectivity index (χ3v) is 5.96. The molecule has 1 aliphatic heterocycles. The highest BCUT2D eigenvalue weighted by atomic mass is 32.1. The summed E-state index contributed by atoms with van der Waals surface area (Å²) in [7, 11) is 1.63. The lowest BCUT2D eigenvalue weighted by Gasteiger charge is -2.31. The van der Waals surface area contributed by atoms with Gasteiger partial charge in [-0.1, -0.05) is 12.1 Å². The van der Waals surface area contributed by atoms with Crippen molar-refractivity contribution >= 4 is 28.2 Å². The molecule has 152 valence electrons. The van der Waals surface area contributed by atoms with Gasteiger partial charge in [-0.2, -0.15) is 0 Å². The number of amides is 1. The van der Waals surface area contributed by atoms with Crippen LogP contribution in [0.25, 0.3) is 16.2 Å². The quantitative estimate of drug-likeness (QED) is 0.599. The van der Waals surface area contributed by atoms with Gasteiger partial charge in [0.2, 0.25) is 0 Å². The van der Waals surface area contributed by atoms with Crippen LogP contribution in [0.15, 0.2) is 35.8 Å². The minimum absolute atomic E-state index is 0.0835. The van der Waals surface area contributed by atoms with E-state index in [1.165, 1.54) is 11.3 Å². The van der Waals surface area contributed by atoms with E-state index >= 15 is 0 Å². The predicted octanol–water partition coefficient (Wildman–Crippen LogP) is 3.49. The molecule has 1 amide bonds. The van der Waals surface area contributed by atoms with Crippen LogP contribution in [0.1, 0.15) is 30.3 Å². The Balaban J connectivity index is 1.58. The molecule has 1 saturated heterocycles. The number of benzene rings is 1. The highest BCUT2D eigenvalue weighted by molar-refractivity contribution is 7.15. The van der Waals surface area contributed by atoms with Crippen LogP contribution in [0.2, 0.25) is 0 Å². The smallest absolute Gasteiger partial charge is 0.310 e. The number of piperidine rings is 1. The lowest BCUT2D eigenvalue weighted by Crippen LogP contribution is -2.43. The Bertz CT molecular complexity index is 1040. The summed E-state index contributed by atoms with van der Waals surface area (Å²) < 4.78 is 12.3. The highest BCUT2D eigenvalue weighted by Gasteiger charge is 2.31. The molecular formula is C21H23N3O4S. The first-order valence-corrected chi connectivity index (χ1v) is 10.6. The Morgan fingerprint density at radius 3 is 3.00 bits per heavy atom. The van der Waals surface area contributed by atoms with Crippen molar-refractivity contribution in [3.05, 3.63) is 41.5 Å². The number of imidazole rings is 1. The normalized spacial score (nSPS) is 16.8. The second kappa shape index (κ2) is 8.24. The fourth-order valence-electron chi connectivity index (χ4n) is 3.64. The zero-order valence-corrected chi connectivity index (χ0v) is 17.3. The highest BCUT2D eigenvalue weighted by Crippen LogP contribution is 2.27. The van der Waals surface area contributed by atoms with E-state index < -0.39 is 0 Å². The molecular weight excluding hydrogens is 390 g/mol. The first-order valence-electron chi connectivity index (χ1n) is 9.67. The maximum atomic E-state index is 13.2. The molecule has 0 bridgehead atoms. The molecule has 4 rings (SSSR count). The zero-order chi connectivity index (χ0) is 20.4. The molecule has 1 fully saturated rings. The van der Waals surface area contributed by atoms with Crippen LogP contribution in [0.5, 0.6) is 5.75 Å². The van der Waals surface area contributed by atoms with Gasteiger partial charge in [0, 0.05) is 30.2 Å². The summed E-state index contributed by atoms with van der Waals surface area (Å²) in [5, 5.41) is 1.83. The van der Waals surface area contributed by atoms with Gasteiger partial charge >= 0.3 is 5.97 Å². The van der Waals surface area contributed by atoms with Crippen molar-refractivity contribution in [3.63, 3.8) is 0 Å². The Morgan fingerprint density at radius 2 is 2.21 bits per heavy atom. The number of thiazole rings is 1. The summed E-state index contributed by atoms with van der Waals surface area (Å²) in [6, 6.07) is 7.68. The topological polar surface area (TPSA) is 73.1 Å². The summed E-state index contributed by atoms with van der Waals surface area (Å²) in [6.07, 6.45) is 3.43. The van der Waals surface area contributed by atoms with E-state index in [1.807, 2.05) is 40.2 Å². The molecule has 3 aromatic rings. The third kappa shape index (κ3) is 3.85. The summed E-state index contributed by atoms with van der Waals surface area (Å²) in [5.74, 6) is 0.202. The average Bonchev–Trinajstić information content (AvgIpc) is 3.34. The van der Waals surface area contributed by atoms with Crippen molar-refractivity contribution in [1.29, 1.82) is 0 Å². The fourth-order valence-corrected chi connectivity index (χ4v) is 4.48. The molecule has 0 radical (unpaired) electrons. The number of hydrogen-bond acceptors (Lipinski definition) is 6. The third-order valence-electron chi connectivity index (χ3n) is 5.12. The number of ether oxygens (including phenoxy) is 2. The number of carbonyl (C=O) groups excluding carboxylic acids is 2. The van der Waals surface area contributed by atoms with Gasteiger partial charge in [-0.05, 0) is 31.9 Å². The van der Waals surface area contributed by atoms with Crippen molar-refractivity contribution in [1.82, 2.24) is 14.3 Å². The number of likely N-dealkylation sites (tertiary alicyclic amines) is 1. The molecule has 8 heteroatoms. The molecule has 1 atom stereocenters. The van der Waals surface area contributed by atoms with Crippen molar-refractivity contribution in [3.8, 4) is 17.0 Å². The van der Waals surface area contributed by atoms with E-state index in [1.54, 1.807) is 18.9 Å². The number of aromatic nitrogens is 2. The molecule has 7 nitrogen and oxygen atoms in total. The van der Waals surface area contributed by atoms with E-state index in [9.17, 15) is 9.59 Å². The van der Waals surface area contributed by atoms with E-state index in [-0.39, 0.29) is 17.8 Å². The molecule has 0 aliphatic carbocycles. The van der Waals surface area contributed by atoms with Crippen LogP contribution < -0.4 is 4.74 Å². The van der Waals surface area contributed by atoms with E-state index in [2.05, 4.69) is 4.98 Å². The first-order chi connectivity index (χ1) is 14.1. The van der Waals surface area contributed by atoms with E-state index in [4.69, 9.17) is 9.47 Å². The van der Waals surface area contributed by atoms with Crippen LogP contribution in [-0.4, -0.2) is 53.0 Å². The Hall–Kier alpha value is -2.87. The first kappa shape index (κ1) is 19.4. The number of nitrogens with zero attached hydrogens (tertiary/aromatic N) is 3. The van der Waals surface area contributed by atoms with Gasteiger partial charge in [-0.15, -0.1) is 11.3 Å². The van der Waals surface area contributed by atoms with Gasteiger partial charge in [0.25, 0.3) is 5.91 Å². The maximum absolute atomic E-state index is 13.2. The molecule has 2 aromatic heterocycles. The van der Waals surface area contributed by atoms with Gasteiger partial charge in [-0.3, -0.25) is 14.0 Å². The second-order valence-electron chi connectivity index (χ2n) is 6.97. The molecule has 0 N–H and O–H groups in total. The summed E-state index contributed by atoms with van der Waals surface area (Å²) in [4.78, 5) is 32.4. The second-order valence-corrected chi connectivity index (χ2v) is 7.81. The minimum atomic E-state index is -0.253. The Morgan fingerprint density at radius 1 is 1.34 bits per heavy atom. The number of rotatable bonds is 5. The number of methoxy groups -OCH3 is 1. The SMILES string of the molecule is CCOC(=O)C1CCCN(C(=O)c2csc3nc(-c4cccc(OC)c4)cn23)C1. The molecule has 29 heavy (non-hydrogen) atoms. The van der Waals surface area contributed by atoms with Gasteiger partial charge in [0.1, 0.15) is 11.4 Å². The van der Waals surface area contributed by atoms with Crippen LogP contribution >= 0.6 is 11.3 Å². The van der Waals surface area contributed by atoms with E-state index in [0.717, 1.165) is 34.8 Å². The summed E-state index contributed by atoms with van der Waals surface area (Å²) in [5.41, 5.74) is 2.28. The standard InChI is InChI=1S/C21H23N3O4S/c1-3-28-20(26)15-7-5-9-23(11-15)19(25)18-13-29-21-22-17(12-24(18)21)14-6-4-8-16(10-14)27-2/h4,6,8,10,12-13,15H,3,5,7,9,11H2,1-2H3. The Labute approximate surface area is 172 Å². The number of fused-ring (bicyclic) bond motifs is 1. The van der Waals surface area contributed by atoms with Crippen molar-refractivity contribution in [2.24, 2.45) is 5.92 Å². The summed E-state index contributed by atoms with van der Waals surface area (Å²) in [6.45, 7) is 3.19. The summed E-state index contributed by atoms with van der Waals surface area (Å²) >= 11 is 1.43.